The van der Waals surface area contributed by atoms with Gasteiger partial charge in [0.1, 0.15) is 0 Å². The number of pyridine rings is 1. The van der Waals surface area contributed by atoms with Crippen LogP contribution in [0, 0.1) is 13.8 Å². The van der Waals surface area contributed by atoms with Gasteiger partial charge in [0.05, 0.1) is 11.3 Å². The first-order valence-electron chi connectivity index (χ1n) is 9.12. The van der Waals surface area contributed by atoms with Crippen LogP contribution >= 0.6 is 0 Å². The molecule has 1 aliphatic heterocycles. The molecule has 0 spiro atoms. The van der Waals surface area contributed by atoms with Gasteiger partial charge >= 0.3 is 0 Å². The minimum Gasteiger partial charge on any atom is -0.341 e. The fraction of sp³-hybridized carbons (Fsp3) is 0.238. The molecule has 0 atom stereocenters. The van der Waals surface area contributed by atoms with Crippen LogP contribution in [0.2, 0.25) is 0 Å². The largest absolute Gasteiger partial charge is 0.341 e. The van der Waals surface area contributed by atoms with E-state index in [9.17, 15) is 9.59 Å². The summed E-state index contributed by atoms with van der Waals surface area (Å²) in [7, 11) is 1.78. The van der Waals surface area contributed by atoms with E-state index < -0.39 is 0 Å². The Labute approximate surface area is 163 Å². The van der Waals surface area contributed by atoms with Crippen LogP contribution < -0.4 is 5.32 Å². The summed E-state index contributed by atoms with van der Waals surface area (Å²) in [6.45, 7) is 4.59. The van der Waals surface area contributed by atoms with Crippen molar-refractivity contribution in [3.63, 3.8) is 0 Å². The number of nitrogens with zero attached hydrogens (tertiary/aromatic N) is 4. The van der Waals surface area contributed by atoms with Gasteiger partial charge in [0, 0.05) is 36.7 Å². The molecule has 7 nitrogen and oxygen atoms in total. The molecular formula is C21H21N5O2. The number of carbonyl (C=O) groups excluding carboxylic acids is 2. The number of benzene rings is 1. The van der Waals surface area contributed by atoms with E-state index in [0.29, 0.717) is 29.2 Å². The van der Waals surface area contributed by atoms with Crippen molar-refractivity contribution in [2.75, 3.05) is 18.9 Å². The van der Waals surface area contributed by atoms with Crippen LogP contribution in [0.1, 0.15) is 37.7 Å². The molecule has 1 N–H and O–H groups in total. The van der Waals surface area contributed by atoms with E-state index in [1.165, 1.54) is 6.20 Å². The second-order valence-corrected chi connectivity index (χ2v) is 7.05. The quantitative estimate of drug-likeness (QED) is 0.763. The minimum atomic E-state index is -0.274. The first-order chi connectivity index (χ1) is 13.4. The molecule has 2 amide bonds. The molecule has 1 aliphatic rings. The van der Waals surface area contributed by atoms with Gasteiger partial charge in [0.25, 0.3) is 11.8 Å². The first-order valence-corrected chi connectivity index (χ1v) is 9.12. The molecule has 0 unspecified atom stereocenters. The maximum Gasteiger partial charge on any atom is 0.257 e. The lowest BCUT2D eigenvalue weighted by Gasteiger charge is -2.25. The van der Waals surface area contributed by atoms with Crippen LogP contribution in [0.15, 0.2) is 42.6 Å². The molecule has 7 heteroatoms. The van der Waals surface area contributed by atoms with Crippen molar-refractivity contribution in [1.82, 2.24) is 19.7 Å². The topological polar surface area (TPSA) is 80.1 Å². The lowest BCUT2D eigenvalue weighted by Crippen LogP contribution is -2.34. The van der Waals surface area contributed by atoms with Crippen LogP contribution in [0.5, 0.6) is 0 Å². The highest BCUT2D eigenvalue weighted by Gasteiger charge is 2.22. The van der Waals surface area contributed by atoms with Crippen LogP contribution in [0.4, 0.5) is 5.69 Å². The molecule has 28 heavy (non-hydrogen) atoms. The zero-order valence-corrected chi connectivity index (χ0v) is 16.1. The summed E-state index contributed by atoms with van der Waals surface area (Å²) in [5.74, 6) is 0.363. The number of carbonyl (C=O) groups is 2. The summed E-state index contributed by atoms with van der Waals surface area (Å²) in [5.41, 5.74) is 4.57. The Kier molecular flexibility index (Phi) is 4.43. The Morgan fingerprint density at radius 3 is 2.64 bits per heavy atom. The zero-order valence-electron chi connectivity index (χ0n) is 16.1. The number of amides is 2. The van der Waals surface area contributed by atoms with Crippen LogP contribution in [-0.4, -0.2) is 45.1 Å². The first kappa shape index (κ1) is 17.9. The van der Waals surface area contributed by atoms with Gasteiger partial charge in [-0.05, 0) is 56.2 Å². The average Bonchev–Trinajstić information content (AvgIpc) is 3.03. The van der Waals surface area contributed by atoms with Crippen molar-refractivity contribution in [3.05, 3.63) is 70.7 Å². The molecule has 142 valence electrons. The van der Waals surface area contributed by atoms with Crippen LogP contribution in [-0.2, 0) is 6.42 Å². The summed E-state index contributed by atoms with van der Waals surface area (Å²) in [6, 6.07) is 10.9. The highest BCUT2D eigenvalue weighted by Crippen LogP contribution is 2.22. The summed E-state index contributed by atoms with van der Waals surface area (Å²) >= 11 is 0. The third kappa shape index (κ3) is 3.26. The van der Waals surface area contributed by atoms with Gasteiger partial charge in [-0.25, -0.2) is 9.67 Å². The van der Waals surface area contributed by atoms with E-state index in [0.717, 1.165) is 23.4 Å². The third-order valence-corrected chi connectivity index (χ3v) is 4.90. The van der Waals surface area contributed by atoms with Crippen LogP contribution in [0.3, 0.4) is 0 Å². The SMILES string of the molecule is Cc1cc(C)n(-c2ccc(C(=O)Nc3ccc4c(c3)C(=O)N(C)CC4)cn2)n1. The Balaban J connectivity index is 1.53. The number of aryl methyl sites for hydroxylation is 2. The van der Waals surface area contributed by atoms with Gasteiger partial charge < -0.3 is 10.2 Å². The van der Waals surface area contributed by atoms with Gasteiger partial charge in [-0.2, -0.15) is 5.10 Å². The number of anilines is 1. The number of likely N-dealkylation sites (N-methyl/N-ethyl adjacent to an activating group) is 1. The number of aromatic nitrogens is 3. The minimum absolute atomic E-state index is 0.0201. The van der Waals surface area contributed by atoms with Gasteiger partial charge in [0.15, 0.2) is 5.82 Å². The molecular weight excluding hydrogens is 354 g/mol. The molecule has 3 heterocycles. The lowest BCUT2D eigenvalue weighted by molar-refractivity contribution is 0.0780. The highest BCUT2D eigenvalue weighted by molar-refractivity contribution is 6.05. The van der Waals surface area contributed by atoms with Gasteiger partial charge in [-0.3, -0.25) is 9.59 Å². The predicted molar refractivity (Wildman–Crippen MR) is 106 cm³/mol. The fourth-order valence-corrected chi connectivity index (χ4v) is 3.38. The molecule has 4 rings (SSSR count). The zero-order chi connectivity index (χ0) is 19.8. The standard InChI is InChI=1S/C21H21N5O2/c1-13-10-14(2)26(24-13)19-7-5-16(12-22-19)20(27)23-17-6-4-15-8-9-25(3)21(28)18(15)11-17/h4-7,10-12H,8-9H2,1-3H3,(H,23,27). The van der Waals surface area contributed by atoms with Gasteiger partial charge in [-0.15, -0.1) is 0 Å². The smallest absolute Gasteiger partial charge is 0.257 e. The number of rotatable bonds is 3. The van der Waals surface area contributed by atoms with Crippen molar-refractivity contribution in [2.24, 2.45) is 0 Å². The van der Waals surface area contributed by atoms with E-state index in [1.807, 2.05) is 32.0 Å². The highest BCUT2D eigenvalue weighted by atomic mass is 16.2. The van der Waals surface area contributed by atoms with Crippen molar-refractivity contribution < 1.29 is 9.59 Å². The molecule has 1 aromatic carbocycles. The monoisotopic (exact) mass is 375 g/mol. The summed E-state index contributed by atoms with van der Waals surface area (Å²) in [6.07, 6.45) is 2.35. The summed E-state index contributed by atoms with van der Waals surface area (Å²) < 4.78 is 1.74. The maximum absolute atomic E-state index is 12.6. The molecule has 0 fully saturated rings. The molecule has 0 bridgehead atoms. The molecule has 0 saturated carbocycles. The van der Waals surface area contributed by atoms with E-state index in [1.54, 1.807) is 34.8 Å². The Hall–Kier alpha value is -3.48. The number of nitrogens with one attached hydrogen (secondary N) is 1. The average molecular weight is 375 g/mol. The third-order valence-electron chi connectivity index (χ3n) is 4.90. The number of fused-ring (bicyclic) bond motifs is 1. The summed E-state index contributed by atoms with van der Waals surface area (Å²) in [5, 5.41) is 7.24. The number of hydrogen-bond donors (Lipinski definition) is 1. The second kappa shape index (κ2) is 6.92. The molecule has 3 aromatic rings. The van der Waals surface area contributed by atoms with E-state index >= 15 is 0 Å². The van der Waals surface area contributed by atoms with E-state index in [2.05, 4.69) is 15.4 Å². The normalized spacial score (nSPS) is 13.4. The maximum atomic E-state index is 12.6. The van der Waals surface area contributed by atoms with Crippen molar-refractivity contribution in [3.8, 4) is 5.82 Å². The van der Waals surface area contributed by atoms with E-state index in [-0.39, 0.29) is 11.8 Å². The van der Waals surface area contributed by atoms with E-state index in [4.69, 9.17) is 0 Å². The molecule has 0 saturated heterocycles. The van der Waals surface area contributed by atoms with Crippen molar-refractivity contribution in [2.45, 2.75) is 20.3 Å². The Morgan fingerprint density at radius 1 is 1.14 bits per heavy atom. The molecule has 2 aromatic heterocycles. The molecule has 0 aliphatic carbocycles. The summed E-state index contributed by atoms with van der Waals surface area (Å²) in [4.78, 5) is 30.9. The van der Waals surface area contributed by atoms with Gasteiger partial charge in [0.2, 0.25) is 0 Å². The Bertz CT molecular complexity index is 1070. The number of hydrogen-bond acceptors (Lipinski definition) is 4. The van der Waals surface area contributed by atoms with Crippen LogP contribution in [0.25, 0.3) is 5.82 Å². The molecule has 0 radical (unpaired) electrons. The predicted octanol–water partition coefficient (Wildman–Crippen LogP) is 2.76. The van der Waals surface area contributed by atoms with Gasteiger partial charge in [-0.1, -0.05) is 6.07 Å². The lowest BCUT2D eigenvalue weighted by atomic mass is 9.98. The second-order valence-electron chi connectivity index (χ2n) is 7.05. The van der Waals surface area contributed by atoms with Crippen molar-refractivity contribution >= 4 is 17.5 Å². The van der Waals surface area contributed by atoms with Crippen molar-refractivity contribution in [1.29, 1.82) is 0 Å². The fourth-order valence-electron chi connectivity index (χ4n) is 3.38. The Morgan fingerprint density at radius 2 is 1.96 bits per heavy atom.